The van der Waals surface area contributed by atoms with E-state index in [-0.39, 0.29) is 5.69 Å². The van der Waals surface area contributed by atoms with Crippen molar-refractivity contribution in [2.75, 3.05) is 0 Å². The second-order valence-corrected chi connectivity index (χ2v) is 4.83. The van der Waals surface area contributed by atoms with Gasteiger partial charge in [0.1, 0.15) is 5.69 Å². The Hall–Kier alpha value is -2.17. The maximum absolute atomic E-state index is 10.9. The summed E-state index contributed by atoms with van der Waals surface area (Å²) in [5.74, 6) is -0.991. The number of aromatic nitrogens is 3. The standard InChI is InChI=1S/C14H15N3O2/c18-14(19)12-7-10(5-6-15-12)8-17-9-16-11-3-1-2-4-13(11)17/h5-7,9H,1-4,8H2,(H,18,19). The number of hydrogen-bond donors (Lipinski definition) is 1. The van der Waals surface area contributed by atoms with Crippen LogP contribution in [0.25, 0.3) is 0 Å². The molecular formula is C14H15N3O2. The fourth-order valence-electron chi connectivity index (χ4n) is 2.55. The Bertz CT molecular complexity index is 619. The molecule has 1 aliphatic rings. The van der Waals surface area contributed by atoms with Gasteiger partial charge in [0.15, 0.2) is 0 Å². The Labute approximate surface area is 110 Å². The van der Waals surface area contributed by atoms with Crippen LogP contribution >= 0.6 is 0 Å². The third kappa shape index (κ3) is 2.36. The van der Waals surface area contributed by atoms with Crippen LogP contribution in [-0.2, 0) is 19.4 Å². The molecule has 2 aromatic heterocycles. The average Bonchev–Trinajstić information content (AvgIpc) is 2.83. The molecule has 0 fully saturated rings. The van der Waals surface area contributed by atoms with Crippen LogP contribution in [0.15, 0.2) is 24.7 Å². The van der Waals surface area contributed by atoms with E-state index in [9.17, 15) is 4.79 Å². The minimum atomic E-state index is -0.991. The van der Waals surface area contributed by atoms with E-state index in [1.165, 1.54) is 24.2 Å². The normalized spacial score (nSPS) is 14.1. The third-order valence-corrected chi connectivity index (χ3v) is 3.51. The molecule has 3 rings (SSSR count). The predicted octanol–water partition coefficient (Wildman–Crippen LogP) is 1.90. The fraction of sp³-hybridized carbons (Fsp3) is 0.357. The number of aryl methyl sites for hydroxylation is 1. The number of carboxylic acid groups (broad SMARTS) is 1. The lowest BCUT2D eigenvalue weighted by atomic mass is 10.0. The quantitative estimate of drug-likeness (QED) is 0.911. The van der Waals surface area contributed by atoms with Crippen LogP contribution in [0.3, 0.4) is 0 Å². The predicted molar refractivity (Wildman–Crippen MR) is 69.2 cm³/mol. The van der Waals surface area contributed by atoms with Crippen LogP contribution in [0.2, 0.25) is 0 Å². The highest BCUT2D eigenvalue weighted by atomic mass is 16.4. The number of fused-ring (bicyclic) bond motifs is 1. The largest absolute Gasteiger partial charge is 0.477 e. The lowest BCUT2D eigenvalue weighted by Gasteiger charge is -2.14. The first-order chi connectivity index (χ1) is 9.24. The SMILES string of the molecule is O=C(O)c1cc(Cn2cnc3c2CCCC3)ccn1. The van der Waals surface area contributed by atoms with Gasteiger partial charge < -0.3 is 9.67 Å². The Morgan fingerprint density at radius 1 is 1.32 bits per heavy atom. The smallest absolute Gasteiger partial charge is 0.354 e. The Kier molecular flexibility index (Phi) is 3.03. The molecule has 5 heteroatoms. The molecule has 2 aromatic rings. The molecule has 5 nitrogen and oxygen atoms in total. The van der Waals surface area contributed by atoms with Crippen LogP contribution in [-0.4, -0.2) is 25.6 Å². The summed E-state index contributed by atoms with van der Waals surface area (Å²) in [5, 5.41) is 8.95. The summed E-state index contributed by atoms with van der Waals surface area (Å²) in [7, 11) is 0. The summed E-state index contributed by atoms with van der Waals surface area (Å²) in [6.07, 6.45) is 7.93. The molecule has 1 aliphatic carbocycles. The van der Waals surface area contributed by atoms with Crippen LogP contribution in [0.1, 0.15) is 40.3 Å². The van der Waals surface area contributed by atoms with Gasteiger partial charge in [0.25, 0.3) is 0 Å². The van der Waals surface area contributed by atoms with Crippen molar-refractivity contribution >= 4 is 5.97 Å². The van der Waals surface area contributed by atoms with Gasteiger partial charge in [-0.05, 0) is 43.4 Å². The van der Waals surface area contributed by atoms with Crippen molar-refractivity contribution in [3.8, 4) is 0 Å². The van der Waals surface area contributed by atoms with Gasteiger partial charge in [0.05, 0.1) is 12.0 Å². The molecule has 0 unspecified atom stereocenters. The molecule has 19 heavy (non-hydrogen) atoms. The van der Waals surface area contributed by atoms with Gasteiger partial charge in [-0.25, -0.2) is 14.8 Å². The Morgan fingerprint density at radius 2 is 2.16 bits per heavy atom. The molecule has 0 amide bonds. The van der Waals surface area contributed by atoms with Gasteiger partial charge in [-0.15, -0.1) is 0 Å². The molecular weight excluding hydrogens is 242 g/mol. The number of hydrogen-bond acceptors (Lipinski definition) is 3. The molecule has 98 valence electrons. The number of aromatic carboxylic acids is 1. The van der Waals surface area contributed by atoms with Crippen molar-refractivity contribution in [2.24, 2.45) is 0 Å². The van der Waals surface area contributed by atoms with Gasteiger partial charge in [-0.3, -0.25) is 0 Å². The van der Waals surface area contributed by atoms with E-state index in [1.54, 1.807) is 12.3 Å². The van der Waals surface area contributed by atoms with Crippen LogP contribution in [0, 0.1) is 0 Å². The molecule has 0 saturated carbocycles. The number of rotatable bonds is 3. The maximum Gasteiger partial charge on any atom is 0.354 e. The fourth-order valence-corrected chi connectivity index (χ4v) is 2.55. The zero-order valence-corrected chi connectivity index (χ0v) is 10.5. The molecule has 1 N–H and O–H groups in total. The first-order valence-electron chi connectivity index (χ1n) is 6.45. The molecule has 2 heterocycles. The first-order valence-corrected chi connectivity index (χ1v) is 6.45. The number of pyridine rings is 1. The second kappa shape index (κ2) is 4.84. The van der Waals surface area contributed by atoms with E-state index in [0.29, 0.717) is 6.54 Å². The number of nitrogens with zero attached hydrogens (tertiary/aromatic N) is 3. The molecule has 0 atom stereocenters. The van der Waals surface area contributed by atoms with E-state index in [4.69, 9.17) is 5.11 Å². The summed E-state index contributed by atoms with van der Waals surface area (Å²) >= 11 is 0. The van der Waals surface area contributed by atoms with Gasteiger partial charge in [0.2, 0.25) is 0 Å². The van der Waals surface area contributed by atoms with E-state index < -0.39 is 5.97 Å². The van der Waals surface area contributed by atoms with Crippen molar-refractivity contribution in [3.63, 3.8) is 0 Å². The Morgan fingerprint density at radius 3 is 3.00 bits per heavy atom. The summed E-state index contributed by atoms with van der Waals surface area (Å²) in [5.41, 5.74) is 3.52. The summed E-state index contributed by atoms with van der Waals surface area (Å²) in [6.45, 7) is 0.658. The van der Waals surface area contributed by atoms with Crippen LogP contribution < -0.4 is 0 Å². The molecule has 0 aliphatic heterocycles. The zero-order valence-electron chi connectivity index (χ0n) is 10.5. The van der Waals surface area contributed by atoms with Gasteiger partial charge >= 0.3 is 5.97 Å². The van der Waals surface area contributed by atoms with E-state index in [1.807, 2.05) is 12.4 Å². The van der Waals surface area contributed by atoms with Crippen molar-refractivity contribution in [3.05, 3.63) is 47.3 Å². The molecule has 0 bridgehead atoms. The molecule has 0 saturated heterocycles. The van der Waals surface area contributed by atoms with Crippen LogP contribution in [0.5, 0.6) is 0 Å². The maximum atomic E-state index is 10.9. The highest BCUT2D eigenvalue weighted by molar-refractivity contribution is 5.85. The minimum absolute atomic E-state index is 0.0893. The monoisotopic (exact) mass is 257 g/mol. The average molecular weight is 257 g/mol. The lowest BCUT2D eigenvalue weighted by molar-refractivity contribution is 0.0690. The number of carboxylic acids is 1. The zero-order chi connectivity index (χ0) is 13.2. The van der Waals surface area contributed by atoms with Crippen molar-refractivity contribution < 1.29 is 9.90 Å². The first kappa shape index (κ1) is 11.9. The number of carbonyl (C=O) groups is 1. The highest BCUT2D eigenvalue weighted by Crippen LogP contribution is 2.20. The molecule has 0 aromatic carbocycles. The molecule has 0 spiro atoms. The van der Waals surface area contributed by atoms with Crippen molar-refractivity contribution in [2.45, 2.75) is 32.2 Å². The number of imidazole rings is 1. The summed E-state index contributed by atoms with van der Waals surface area (Å²) in [4.78, 5) is 19.2. The van der Waals surface area contributed by atoms with Crippen LogP contribution in [0.4, 0.5) is 0 Å². The van der Waals surface area contributed by atoms with E-state index in [0.717, 1.165) is 18.4 Å². The summed E-state index contributed by atoms with van der Waals surface area (Å²) < 4.78 is 2.12. The lowest BCUT2D eigenvalue weighted by Crippen LogP contribution is -2.09. The third-order valence-electron chi connectivity index (χ3n) is 3.51. The van der Waals surface area contributed by atoms with E-state index >= 15 is 0 Å². The topological polar surface area (TPSA) is 68.0 Å². The summed E-state index contributed by atoms with van der Waals surface area (Å²) in [6, 6.07) is 3.47. The van der Waals surface area contributed by atoms with Gasteiger partial charge in [-0.2, -0.15) is 0 Å². The minimum Gasteiger partial charge on any atom is -0.477 e. The van der Waals surface area contributed by atoms with Gasteiger partial charge in [0, 0.05) is 18.4 Å². The van der Waals surface area contributed by atoms with Crippen molar-refractivity contribution in [1.29, 1.82) is 0 Å². The van der Waals surface area contributed by atoms with Crippen molar-refractivity contribution in [1.82, 2.24) is 14.5 Å². The highest BCUT2D eigenvalue weighted by Gasteiger charge is 2.15. The second-order valence-electron chi connectivity index (χ2n) is 4.83. The van der Waals surface area contributed by atoms with E-state index in [2.05, 4.69) is 14.5 Å². The van der Waals surface area contributed by atoms with Gasteiger partial charge in [-0.1, -0.05) is 0 Å². The Balaban J connectivity index is 1.87. The molecule has 0 radical (unpaired) electrons.